The van der Waals surface area contributed by atoms with Gasteiger partial charge in [0, 0.05) is 37.5 Å². The van der Waals surface area contributed by atoms with Crippen LogP contribution in [0, 0.1) is 5.41 Å². The number of carbonyl (C=O) groups is 1. The van der Waals surface area contributed by atoms with E-state index >= 15 is 0 Å². The molecule has 0 aromatic heterocycles. The fraction of sp³-hybridized carbons (Fsp3) is 0.632. The molecule has 1 amide bonds. The lowest BCUT2D eigenvalue weighted by Gasteiger charge is -2.48. The zero-order chi connectivity index (χ0) is 15.9. The molecule has 124 valence electrons. The number of phenolic OH excluding ortho intramolecular Hbond substituents is 1. The molecule has 23 heavy (non-hydrogen) atoms. The highest BCUT2D eigenvalue weighted by molar-refractivity contribution is 5.78. The van der Waals surface area contributed by atoms with Gasteiger partial charge in [-0.1, -0.05) is 12.1 Å². The van der Waals surface area contributed by atoms with E-state index in [4.69, 9.17) is 0 Å². The Morgan fingerprint density at radius 2 is 2.09 bits per heavy atom. The van der Waals surface area contributed by atoms with Crippen LogP contribution in [-0.4, -0.2) is 46.5 Å². The third-order valence-corrected chi connectivity index (χ3v) is 5.74. The first-order valence-corrected chi connectivity index (χ1v) is 8.93. The summed E-state index contributed by atoms with van der Waals surface area (Å²) in [4.78, 5) is 16.9. The van der Waals surface area contributed by atoms with Gasteiger partial charge in [0.2, 0.25) is 5.91 Å². The summed E-state index contributed by atoms with van der Waals surface area (Å²) in [5.74, 6) is 0.723. The van der Waals surface area contributed by atoms with Crippen molar-refractivity contribution in [2.75, 3.05) is 19.6 Å². The van der Waals surface area contributed by atoms with Crippen LogP contribution in [-0.2, 0) is 11.3 Å². The normalized spacial score (nSPS) is 29.2. The van der Waals surface area contributed by atoms with Crippen LogP contribution in [0.4, 0.5) is 0 Å². The summed E-state index contributed by atoms with van der Waals surface area (Å²) in [6, 6.07) is 8.13. The lowest BCUT2D eigenvalue weighted by molar-refractivity contribution is -0.140. The van der Waals surface area contributed by atoms with E-state index in [-0.39, 0.29) is 0 Å². The first-order valence-electron chi connectivity index (χ1n) is 8.93. The van der Waals surface area contributed by atoms with Crippen LogP contribution in [0.2, 0.25) is 0 Å². The quantitative estimate of drug-likeness (QED) is 0.933. The lowest BCUT2D eigenvalue weighted by atomic mass is 9.73. The highest BCUT2D eigenvalue weighted by atomic mass is 16.3. The highest BCUT2D eigenvalue weighted by Crippen LogP contribution is 2.42. The van der Waals surface area contributed by atoms with Crippen molar-refractivity contribution < 1.29 is 9.90 Å². The highest BCUT2D eigenvalue weighted by Gasteiger charge is 2.45. The molecule has 3 fully saturated rings. The number of amides is 1. The predicted molar refractivity (Wildman–Crippen MR) is 89.0 cm³/mol. The molecular formula is C19H26N2O2. The van der Waals surface area contributed by atoms with E-state index in [1.165, 1.54) is 31.2 Å². The maximum atomic E-state index is 12.2. The molecule has 3 aliphatic rings. The van der Waals surface area contributed by atoms with Crippen LogP contribution in [0.15, 0.2) is 24.3 Å². The van der Waals surface area contributed by atoms with Gasteiger partial charge in [-0.3, -0.25) is 9.69 Å². The van der Waals surface area contributed by atoms with Crippen LogP contribution >= 0.6 is 0 Å². The second kappa shape index (κ2) is 5.82. The number of carbonyl (C=O) groups excluding carboxylic acids is 1. The minimum absolute atomic E-state index is 0.297. The van der Waals surface area contributed by atoms with Crippen molar-refractivity contribution in [2.24, 2.45) is 5.41 Å². The van der Waals surface area contributed by atoms with Gasteiger partial charge in [0.05, 0.1) is 0 Å². The van der Waals surface area contributed by atoms with Gasteiger partial charge >= 0.3 is 0 Å². The van der Waals surface area contributed by atoms with Crippen molar-refractivity contribution in [3.05, 3.63) is 29.8 Å². The summed E-state index contributed by atoms with van der Waals surface area (Å²) in [5, 5.41) is 9.65. The number of hydrogen-bond acceptors (Lipinski definition) is 3. The molecule has 4 heteroatoms. The molecule has 0 radical (unpaired) electrons. The van der Waals surface area contributed by atoms with Crippen LogP contribution in [0.1, 0.15) is 44.1 Å². The van der Waals surface area contributed by atoms with Crippen molar-refractivity contribution in [1.82, 2.24) is 9.80 Å². The number of aromatic hydroxyl groups is 1. The molecule has 2 saturated heterocycles. The molecule has 1 aromatic rings. The third kappa shape index (κ3) is 3.23. The topological polar surface area (TPSA) is 43.8 Å². The number of benzene rings is 1. The summed E-state index contributed by atoms with van der Waals surface area (Å²) in [5.41, 5.74) is 1.47. The number of likely N-dealkylation sites (tertiary alicyclic amines) is 2. The van der Waals surface area contributed by atoms with Crippen molar-refractivity contribution in [3.63, 3.8) is 0 Å². The van der Waals surface area contributed by atoms with E-state index in [1.54, 1.807) is 6.07 Å². The minimum Gasteiger partial charge on any atom is -0.508 e. The van der Waals surface area contributed by atoms with Gasteiger partial charge in [-0.2, -0.15) is 0 Å². The van der Waals surface area contributed by atoms with E-state index in [2.05, 4.69) is 15.9 Å². The molecule has 1 spiro atoms. The number of piperidine rings is 2. The monoisotopic (exact) mass is 314 g/mol. The van der Waals surface area contributed by atoms with Crippen molar-refractivity contribution in [1.29, 1.82) is 0 Å². The van der Waals surface area contributed by atoms with Crippen molar-refractivity contribution in [2.45, 2.75) is 51.1 Å². The number of nitrogens with zero attached hydrogens (tertiary/aromatic N) is 2. The van der Waals surface area contributed by atoms with Crippen molar-refractivity contribution in [3.8, 4) is 5.75 Å². The fourth-order valence-electron chi connectivity index (χ4n) is 4.45. The zero-order valence-corrected chi connectivity index (χ0v) is 13.7. The van der Waals surface area contributed by atoms with Gasteiger partial charge in [-0.05, 0) is 56.3 Å². The second-order valence-electron chi connectivity index (χ2n) is 7.74. The molecule has 4 rings (SSSR count). The van der Waals surface area contributed by atoms with Crippen LogP contribution in [0.5, 0.6) is 5.75 Å². The largest absolute Gasteiger partial charge is 0.508 e. The Bertz CT molecular complexity index is 599. The Morgan fingerprint density at radius 1 is 1.22 bits per heavy atom. The molecule has 2 aliphatic heterocycles. The molecule has 2 heterocycles. The standard InChI is InChI=1S/C19H26N2O2/c22-17-4-1-3-15(11-17)12-20-10-2-8-19(13-20)9-7-18(23)21(14-19)16-5-6-16/h1,3-4,11,16,22H,2,5-10,12-14H2/t19-/m1/s1. The average molecular weight is 314 g/mol. The summed E-state index contributed by atoms with van der Waals surface area (Å²) >= 11 is 0. The lowest BCUT2D eigenvalue weighted by Crippen LogP contribution is -2.54. The Kier molecular flexibility index (Phi) is 3.80. The maximum Gasteiger partial charge on any atom is 0.222 e. The molecule has 1 aromatic carbocycles. The van der Waals surface area contributed by atoms with Gasteiger partial charge in [0.25, 0.3) is 0 Å². The van der Waals surface area contributed by atoms with Crippen LogP contribution < -0.4 is 0 Å². The van der Waals surface area contributed by atoms with Gasteiger partial charge in [-0.15, -0.1) is 0 Å². The second-order valence-corrected chi connectivity index (χ2v) is 7.74. The molecule has 0 bridgehead atoms. The van der Waals surface area contributed by atoms with Gasteiger partial charge in [-0.25, -0.2) is 0 Å². The fourth-order valence-corrected chi connectivity index (χ4v) is 4.45. The maximum absolute atomic E-state index is 12.2. The average Bonchev–Trinajstić information content (AvgIpc) is 3.35. The number of hydrogen-bond donors (Lipinski definition) is 1. The van der Waals surface area contributed by atoms with E-state index in [1.807, 2.05) is 12.1 Å². The molecule has 1 atom stereocenters. The smallest absolute Gasteiger partial charge is 0.222 e. The minimum atomic E-state index is 0.297. The Balaban J connectivity index is 1.45. The van der Waals surface area contributed by atoms with E-state index < -0.39 is 0 Å². The van der Waals surface area contributed by atoms with Crippen molar-refractivity contribution >= 4 is 5.91 Å². The number of phenols is 1. The summed E-state index contributed by atoms with van der Waals surface area (Å²) in [6.45, 7) is 4.06. The van der Waals surface area contributed by atoms with E-state index in [0.29, 0.717) is 23.1 Å². The summed E-state index contributed by atoms with van der Waals surface area (Å²) in [7, 11) is 0. The number of rotatable bonds is 3. The molecule has 0 unspecified atom stereocenters. The summed E-state index contributed by atoms with van der Waals surface area (Å²) in [6.07, 6.45) is 6.65. The first-order chi connectivity index (χ1) is 11.1. The summed E-state index contributed by atoms with van der Waals surface area (Å²) < 4.78 is 0. The Labute approximate surface area is 138 Å². The third-order valence-electron chi connectivity index (χ3n) is 5.74. The SMILES string of the molecule is O=C1CC[C@@]2(CCCN(Cc3cccc(O)c3)C2)CN1C1CC1. The molecule has 1 saturated carbocycles. The first kappa shape index (κ1) is 15.0. The predicted octanol–water partition coefficient (Wildman–Crippen LogP) is 2.76. The zero-order valence-electron chi connectivity index (χ0n) is 13.7. The van der Waals surface area contributed by atoms with E-state index in [9.17, 15) is 9.90 Å². The molecule has 1 aliphatic carbocycles. The van der Waals surface area contributed by atoms with E-state index in [0.717, 1.165) is 39.0 Å². The molecule has 1 N–H and O–H groups in total. The van der Waals surface area contributed by atoms with Gasteiger partial charge in [0.1, 0.15) is 5.75 Å². The Hall–Kier alpha value is -1.55. The molecular weight excluding hydrogens is 288 g/mol. The van der Waals surface area contributed by atoms with Gasteiger partial charge in [0.15, 0.2) is 0 Å². The van der Waals surface area contributed by atoms with Gasteiger partial charge < -0.3 is 10.0 Å². The van der Waals surface area contributed by atoms with Crippen LogP contribution in [0.3, 0.4) is 0 Å². The Morgan fingerprint density at radius 3 is 2.87 bits per heavy atom. The molecule has 4 nitrogen and oxygen atoms in total. The van der Waals surface area contributed by atoms with Crippen LogP contribution in [0.25, 0.3) is 0 Å².